The third kappa shape index (κ3) is 4.63. The Labute approximate surface area is 107 Å². The molecular weight excluding hydrogens is 232 g/mol. The topological polar surface area (TPSA) is 84.6 Å². The highest BCUT2D eigenvalue weighted by atomic mass is 16.5. The summed E-state index contributed by atoms with van der Waals surface area (Å²) < 4.78 is 5.30. The van der Waals surface area contributed by atoms with E-state index in [4.69, 9.17) is 10.5 Å². The van der Waals surface area contributed by atoms with Crippen LogP contribution in [0.2, 0.25) is 0 Å². The second-order valence-corrected chi connectivity index (χ2v) is 3.94. The van der Waals surface area contributed by atoms with Gasteiger partial charge in [0.15, 0.2) is 11.5 Å². The standard InChI is InChI=1S/C13H20N2O3/c1-2-18-11-6-3-5-10(13(11)17)9-15-8-4-7-12(14)16/h3,5-6,15,17H,2,4,7-9H2,1H3,(H2,14,16). The summed E-state index contributed by atoms with van der Waals surface area (Å²) in [5.41, 5.74) is 5.82. The molecule has 5 nitrogen and oxygen atoms in total. The summed E-state index contributed by atoms with van der Waals surface area (Å²) >= 11 is 0. The monoisotopic (exact) mass is 252 g/mol. The highest BCUT2D eigenvalue weighted by Crippen LogP contribution is 2.29. The number of hydrogen-bond acceptors (Lipinski definition) is 4. The molecule has 4 N–H and O–H groups in total. The molecule has 0 aliphatic rings. The van der Waals surface area contributed by atoms with Crippen molar-refractivity contribution in [1.29, 1.82) is 0 Å². The third-order valence-corrected chi connectivity index (χ3v) is 2.47. The second kappa shape index (κ2) is 7.55. The Balaban J connectivity index is 2.42. The molecule has 0 aromatic heterocycles. The number of ether oxygens (including phenoxy) is 1. The summed E-state index contributed by atoms with van der Waals surface area (Å²) in [6, 6.07) is 5.40. The van der Waals surface area contributed by atoms with Gasteiger partial charge in [0.25, 0.3) is 0 Å². The SMILES string of the molecule is CCOc1cccc(CNCCCC(N)=O)c1O. The molecule has 1 aromatic carbocycles. The summed E-state index contributed by atoms with van der Waals surface area (Å²) in [6.45, 7) is 3.60. The molecule has 0 bridgehead atoms. The Kier molecular flexibility index (Phi) is 6.00. The van der Waals surface area contributed by atoms with Gasteiger partial charge in [-0.2, -0.15) is 0 Å². The lowest BCUT2D eigenvalue weighted by atomic mass is 10.2. The van der Waals surface area contributed by atoms with E-state index < -0.39 is 0 Å². The van der Waals surface area contributed by atoms with E-state index in [-0.39, 0.29) is 11.7 Å². The van der Waals surface area contributed by atoms with Crippen LogP contribution in [0, 0.1) is 0 Å². The van der Waals surface area contributed by atoms with Crippen LogP contribution in [0.3, 0.4) is 0 Å². The number of primary amides is 1. The van der Waals surface area contributed by atoms with Gasteiger partial charge in [0, 0.05) is 18.5 Å². The van der Waals surface area contributed by atoms with E-state index in [2.05, 4.69) is 5.32 Å². The predicted octanol–water partition coefficient (Wildman–Crippen LogP) is 1.15. The zero-order valence-electron chi connectivity index (χ0n) is 10.6. The maximum absolute atomic E-state index is 10.5. The number of nitrogens with one attached hydrogen (secondary N) is 1. The molecule has 0 fully saturated rings. The molecule has 1 rings (SSSR count). The molecule has 1 amide bonds. The number of benzene rings is 1. The summed E-state index contributed by atoms with van der Waals surface area (Å²) in [5.74, 6) is 0.369. The molecule has 18 heavy (non-hydrogen) atoms. The Hall–Kier alpha value is -1.75. The van der Waals surface area contributed by atoms with Gasteiger partial charge in [-0.25, -0.2) is 0 Å². The van der Waals surface area contributed by atoms with Crippen molar-refractivity contribution in [2.24, 2.45) is 5.73 Å². The van der Waals surface area contributed by atoms with E-state index in [1.54, 1.807) is 6.07 Å². The van der Waals surface area contributed by atoms with Crippen LogP contribution in [-0.2, 0) is 11.3 Å². The molecule has 1 aromatic rings. The fourth-order valence-electron chi connectivity index (χ4n) is 1.59. The fourth-order valence-corrected chi connectivity index (χ4v) is 1.59. The minimum absolute atomic E-state index is 0.168. The molecule has 0 spiro atoms. The Morgan fingerprint density at radius 3 is 2.94 bits per heavy atom. The highest BCUT2D eigenvalue weighted by molar-refractivity contribution is 5.73. The first-order valence-electron chi connectivity index (χ1n) is 6.07. The van der Waals surface area contributed by atoms with Crippen molar-refractivity contribution in [2.45, 2.75) is 26.3 Å². The second-order valence-electron chi connectivity index (χ2n) is 3.94. The number of amides is 1. The summed E-state index contributed by atoms with van der Waals surface area (Å²) in [6.07, 6.45) is 1.07. The molecule has 100 valence electrons. The molecule has 0 aliphatic heterocycles. The van der Waals surface area contributed by atoms with Crippen molar-refractivity contribution >= 4 is 5.91 Å². The molecule has 0 unspecified atom stereocenters. The normalized spacial score (nSPS) is 10.3. The number of phenolic OH excluding ortho intramolecular Hbond substituents is 1. The first-order valence-corrected chi connectivity index (χ1v) is 6.07. The molecule has 0 saturated carbocycles. The van der Waals surface area contributed by atoms with Crippen LogP contribution in [-0.4, -0.2) is 24.2 Å². The van der Waals surface area contributed by atoms with Crippen molar-refractivity contribution in [1.82, 2.24) is 5.32 Å². The van der Waals surface area contributed by atoms with Gasteiger partial charge in [-0.3, -0.25) is 4.79 Å². The van der Waals surface area contributed by atoms with Crippen molar-refractivity contribution in [2.75, 3.05) is 13.2 Å². The lowest BCUT2D eigenvalue weighted by Gasteiger charge is -2.10. The van der Waals surface area contributed by atoms with E-state index in [0.717, 1.165) is 5.56 Å². The Morgan fingerprint density at radius 1 is 1.50 bits per heavy atom. The van der Waals surface area contributed by atoms with E-state index in [9.17, 15) is 9.90 Å². The van der Waals surface area contributed by atoms with Crippen molar-refractivity contribution in [3.63, 3.8) is 0 Å². The zero-order chi connectivity index (χ0) is 13.4. The number of carbonyl (C=O) groups is 1. The lowest BCUT2D eigenvalue weighted by molar-refractivity contribution is -0.118. The first kappa shape index (κ1) is 14.3. The van der Waals surface area contributed by atoms with E-state index >= 15 is 0 Å². The third-order valence-electron chi connectivity index (χ3n) is 2.47. The van der Waals surface area contributed by atoms with Gasteiger partial charge in [0.05, 0.1) is 6.61 Å². The van der Waals surface area contributed by atoms with E-state index in [0.29, 0.717) is 38.3 Å². The number of nitrogens with two attached hydrogens (primary N) is 1. The van der Waals surface area contributed by atoms with E-state index in [1.807, 2.05) is 19.1 Å². The lowest BCUT2D eigenvalue weighted by Crippen LogP contribution is -2.18. The largest absolute Gasteiger partial charge is 0.504 e. The molecule has 0 radical (unpaired) electrons. The number of hydrogen-bond donors (Lipinski definition) is 3. The molecule has 0 aliphatic carbocycles. The summed E-state index contributed by atoms with van der Waals surface area (Å²) in [7, 11) is 0. The average Bonchev–Trinajstić information content (AvgIpc) is 2.33. The number of aromatic hydroxyl groups is 1. The van der Waals surface area contributed by atoms with E-state index in [1.165, 1.54) is 0 Å². The first-order chi connectivity index (χ1) is 8.65. The van der Waals surface area contributed by atoms with Crippen molar-refractivity contribution < 1.29 is 14.6 Å². The van der Waals surface area contributed by atoms with Gasteiger partial charge >= 0.3 is 0 Å². The van der Waals surface area contributed by atoms with Crippen molar-refractivity contribution in [3.8, 4) is 11.5 Å². The van der Waals surface area contributed by atoms with Gasteiger partial charge in [-0.15, -0.1) is 0 Å². The van der Waals surface area contributed by atoms with Gasteiger partial charge in [-0.1, -0.05) is 12.1 Å². The average molecular weight is 252 g/mol. The maximum atomic E-state index is 10.5. The number of para-hydroxylation sites is 1. The maximum Gasteiger partial charge on any atom is 0.217 e. The van der Waals surface area contributed by atoms with Crippen LogP contribution in [0.15, 0.2) is 18.2 Å². The molecule has 0 heterocycles. The smallest absolute Gasteiger partial charge is 0.217 e. The van der Waals surface area contributed by atoms with Crippen molar-refractivity contribution in [3.05, 3.63) is 23.8 Å². The van der Waals surface area contributed by atoms with Gasteiger partial charge in [-0.05, 0) is 26.0 Å². The van der Waals surface area contributed by atoms with Crippen LogP contribution >= 0.6 is 0 Å². The van der Waals surface area contributed by atoms with Gasteiger partial charge < -0.3 is 20.9 Å². The molecule has 5 heteroatoms. The van der Waals surface area contributed by atoms with Crippen LogP contribution < -0.4 is 15.8 Å². The minimum atomic E-state index is -0.294. The summed E-state index contributed by atoms with van der Waals surface area (Å²) in [5, 5.41) is 13.1. The fraction of sp³-hybridized carbons (Fsp3) is 0.462. The quantitative estimate of drug-likeness (QED) is 0.606. The minimum Gasteiger partial charge on any atom is -0.504 e. The summed E-state index contributed by atoms with van der Waals surface area (Å²) in [4.78, 5) is 10.5. The predicted molar refractivity (Wildman–Crippen MR) is 69.4 cm³/mol. The molecule has 0 atom stereocenters. The Bertz CT molecular complexity index is 394. The van der Waals surface area contributed by atoms with Crippen LogP contribution in [0.4, 0.5) is 0 Å². The highest BCUT2D eigenvalue weighted by Gasteiger charge is 2.07. The zero-order valence-corrected chi connectivity index (χ0v) is 10.6. The van der Waals surface area contributed by atoms with Gasteiger partial charge in [0.1, 0.15) is 0 Å². The number of phenols is 1. The Morgan fingerprint density at radius 2 is 2.28 bits per heavy atom. The van der Waals surface area contributed by atoms with Gasteiger partial charge in [0.2, 0.25) is 5.91 Å². The van der Waals surface area contributed by atoms with Crippen LogP contribution in [0.5, 0.6) is 11.5 Å². The number of rotatable bonds is 8. The van der Waals surface area contributed by atoms with Crippen LogP contribution in [0.25, 0.3) is 0 Å². The molecular formula is C13H20N2O3. The number of carbonyl (C=O) groups excluding carboxylic acids is 1. The van der Waals surface area contributed by atoms with Crippen LogP contribution in [0.1, 0.15) is 25.3 Å². The molecule has 0 saturated heterocycles.